The third-order valence-corrected chi connectivity index (χ3v) is 5.49. The predicted octanol–water partition coefficient (Wildman–Crippen LogP) is 1.75. The second kappa shape index (κ2) is 6.36. The second-order valence-corrected chi connectivity index (χ2v) is 7.65. The third-order valence-electron chi connectivity index (χ3n) is 3.51. The standard InChI is InChI=1S/C15H22N2O4S/c1-10-5-6-14(16-13(4)18)7-15(10)22(19,20)17-8-11(2)21-12(3)9-17/h5-7,11-12H,8-9H2,1-4H3,(H,16,18). The van der Waals surface area contributed by atoms with Crippen LogP contribution in [0.4, 0.5) is 5.69 Å². The van der Waals surface area contributed by atoms with Gasteiger partial charge in [-0.25, -0.2) is 8.42 Å². The molecule has 6 nitrogen and oxygen atoms in total. The van der Waals surface area contributed by atoms with Gasteiger partial charge in [-0.1, -0.05) is 6.07 Å². The summed E-state index contributed by atoms with van der Waals surface area (Å²) in [5.74, 6) is -0.235. The van der Waals surface area contributed by atoms with Crippen molar-refractivity contribution in [3.63, 3.8) is 0 Å². The maximum atomic E-state index is 12.9. The summed E-state index contributed by atoms with van der Waals surface area (Å²) < 4.78 is 32.8. The summed E-state index contributed by atoms with van der Waals surface area (Å²) >= 11 is 0. The molecule has 0 radical (unpaired) electrons. The molecule has 1 heterocycles. The zero-order chi connectivity index (χ0) is 16.5. The van der Waals surface area contributed by atoms with Gasteiger partial charge in [0.05, 0.1) is 17.1 Å². The zero-order valence-corrected chi connectivity index (χ0v) is 14.1. The van der Waals surface area contributed by atoms with Crippen LogP contribution in [0.3, 0.4) is 0 Å². The van der Waals surface area contributed by atoms with Crippen LogP contribution in [0.2, 0.25) is 0 Å². The van der Waals surface area contributed by atoms with Crippen LogP contribution in [-0.4, -0.2) is 43.9 Å². The first kappa shape index (κ1) is 16.9. The van der Waals surface area contributed by atoms with Crippen LogP contribution in [0.1, 0.15) is 26.3 Å². The van der Waals surface area contributed by atoms with Crippen LogP contribution in [0.15, 0.2) is 23.1 Å². The molecule has 122 valence electrons. The molecule has 1 aliphatic heterocycles. The number of sulfonamides is 1. The number of amides is 1. The largest absolute Gasteiger partial charge is 0.373 e. The molecule has 7 heteroatoms. The number of carbonyl (C=O) groups excluding carboxylic acids is 1. The number of carbonyl (C=O) groups is 1. The number of nitrogens with one attached hydrogen (secondary N) is 1. The molecule has 1 N–H and O–H groups in total. The van der Waals surface area contributed by atoms with Gasteiger partial charge in [0.15, 0.2) is 0 Å². The number of anilines is 1. The van der Waals surface area contributed by atoms with Gasteiger partial charge < -0.3 is 10.1 Å². The van der Waals surface area contributed by atoms with E-state index in [1.165, 1.54) is 17.3 Å². The first-order chi connectivity index (χ1) is 10.2. The summed E-state index contributed by atoms with van der Waals surface area (Å²) in [4.78, 5) is 11.4. The van der Waals surface area contributed by atoms with Crippen molar-refractivity contribution < 1.29 is 17.9 Å². The van der Waals surface area contributed by atoms with Gasteiger partial charge in [-0.2, -0.15) is 4.31 Å². The quantitative estimate of drug-likeness (QED) is 0.918. The maximum absolute atomic E-state index is 12.9. The molecule has 2 rings (SSSR count). The van der Waals surface area contributed by atoms with Gasteiger partial charge in [0.25, 0.3) is 0 Å². The minimum atomic E-state index is -3.61. The lowest BCUT2D eigenvalue weighted by atomic mass is 10.2. The van der Waals surface area contributed by atoms with Gasteiger partial charge in [-0.3, -0.25) is 4.79 Å². The van der Waals surface area contributed by atoms with Crippen molar-refractivity contribution in [3.05, 3.63) is 23.8 Å². The Morgan fingerprint density at radius 2 is 1.86 bits per heavy atom. The Labute approximate surface area is 131 Å². The van der Waals surface area contributed by atoms with Crippen molar-refractivity contribution in [2.45, 2.75) is 44.8 Å². The van der Waals surface area contributed by atoms with Crippen LogP contribution in [0.5, 0.6) is 0 Å². The number of benzene rings is 1. The molecule has 2 unspecified atom stereocenters. The lowest BCUT2D eigenvalue weighted by Gasteiger charge is -2.34. The summed E-state index contributed by atoms with van der Waals surface area (Å²) in [6.07, 6.45) is -0.283. The Morgan fingerprint density at radius 3 is 2.41 bits per heavy atom. The fraction of sp³-hybridized carbons (Fsp3) is 0.533. The molecule has 0 bridgehead atoms. The van der Waals surface area contributed by atoms with Gasteiger partial charge in [0.1, 0.15) is 0 Å². The molecule has 1 fully saturated rings. The molecule has 1 amide bonds. The maximum Gasteiger partial charge on any atom is 0.243 e. The van der Waals surface area contributed by atoms with Gasteiger partial charge in [0, 0.05) is 25.7 Å². The van der Waals surface area contributed by atoms with Crippen molar-refractivity contribution in [3.8, 4) is 0 Å². The van der Waals surface area contributed by atoms with Gasteiger partial charge in [0.2, 0.25) is 15.9 Å². The third kappa shape index (κ3) is 3.66. The molecule has 1 saturated heterocycles. The predicted molar refractivity (Wildman–Crippen MR) is 84.3 cm³/mol. The average molecular weight is 326 g/mol. The first-order valence-corrected chi connectivity index (χ1v) is 8.68. The molecular weight excluding hydrogens is 304 g/mol. The number of ether oxygens (including phenoxy) is 1. The molecule has 1 aromatic carbocycles. The number of rotatable bonds is 3. The Bertz CT molecular complexity index is 662. The monoisotopic (exact) mass is 326 g/mol. The minimum absolute atomic E-state index is 0.141. The number of nitrogens with zero attached hydrogens (tertiary/aromatic N) is 1. The second-order valence-electron chi connectivity index (χ2n) is 5.74. The van der Waals surface area contributed by atoms with Crippen LogP contribution in [0, 0.1) is 6.92 Å². The van der Waals surface area contributed by atoms with Crippen molar-refractivity contribution in [1.82, 2.24) is 4.31 Å². The van der Waals surface area contributed by atoms with Crippen LogP contribution in [-0.2, 0) is 19.6 Å². The highest BCUT2D eigenvalue weighted by molar-refractivity contribution is 7.89. The number of hydrogen-bond donors (Lipinski definition) is 1. The Balaban J connectivity index is 2.38. The highest BCUT2D eigenvalue weighted by Crippen LogP contribution is 2.26. The molecular formula is C15H22N2O4S. The molecule has 0 aromatic heterocycles. The molecule has 0 saturated carbocycles. The van der Waals surface area contributed by atoms with E-state index < -0.39 is 10.0 Å². The summed E-state index contributed by atoms with van der Waals surface area (Å²) in [6.45, 7) is 7.52. The fourth-order valence-corrected chi connectivity index (χ4v) is 4.47. The van der Waals surface area contributed by atoms with E-state index in [9.17, 15) is 13.2 Å². The zero-order valence-electron chi connectivity index (χ0n) is 13.3. The molecule has 1 aromatic rings. The Hall–Kier alpha value is -1.44. The average Bonchev–Trinajstić information content (AvgIpc) is 2.39. The van der Waals surface area contributed by atoms with Crippen molar-refractivity contribution in [2.24, 2.45) is 0 Å². The van der Waals surface area contributed by atoms with Crippen LogP contribution < -0.4 is 5.32 Å². The lowest BCUT2D eigenvalue weighted by Crippen LogP contribution is -2.48. The lowest BCUT2D eigenvalue weighted by molar-refractivity contribution is -0.114. The highest BCUT2D eigenvalue weighted by atomic mass is 32.2. The normalized spacial score (nSPS) is 23.3. The van der Waals surface area contributed by atoms with Gasteiger partial charge in [-0.15, -0.1) is 0 Å². The summed E-state index contributed by atoms with van der Waals surface area (Å²) in [5.41, 5.74) is 1.13. The van der Waals surface area contributed by atoms with Gasteiger partial charge in [-0.05, 0) is 38.5 Å². The van der Waals surface area contributed by atoms with E-state index in [0.29, 0.717) is 24.3 Å². The van der Waals surface area contributed by atoms with E-state index in [0.717, 1.165) is 0 Å². The SMILES string of the molecule is CC(=O)Nc1ccc(C)c(S(=O)(=O)N2CC(C)OC(C)C2)c1. The molecule has 0 spiro atoms. The van der Waals surface area contributed by atoms with E-state index in [1.54, 1.807) is 19.1 Å². The van der Waals surface area contributed by atoms with Crippen molar-refractivity contribution in [2.75, 3.05) is 18.4 Å². The van der Waals surface area contributed by atoms with Crippen LogP contribution in [0.25, 0.3) is 0 Å². The van der Waals surface area contributed by atoms with E-state index in [-0.39, 0.29) is 23.0 Å². The van der Waals surface area contributed by atoms with Crippen molar-refractivity contribution in [1.29, 1.82) is 0 Å². The molecule has 2 atom stereocenters. The van der Waals surface area contributed by atoms with Crippen LogP contribution >= 0.6 is 0 Å². The molecule has 22 heavy (non-hydrogen) atoms. The highest BCUT2D eigenvalue weighted by Gasteiger charge is 2.33. The Morgan fingerprint density at radius 1 is 1.27 bits per heavy atom. The fourth-order valence-electron chi connectivity index (χ4n) is 2.63. The van der Waals surface area contributed by atoms with Crippen molar-refractivity contribution >= 4 is 21.6 Å². The van der Waals surface area contributed by atoms with E-state index in [1.807, 2.05) is 13.8 Å². The number of morpholine rings is 1. The first-order valence-electron chi connectivity index (χ1n) is 7.24. The Kier molecular flexibility index (Phi) is 4.89. The summed E-state index contributed by atoms with van der Waals surface area (Å²) in [5, 5.41) is 2.62. The smallest absolute Gasteiger partial charge is 0.243 e. The summed E-state index contributed by atoms with van der Waals surface area (Å²) in [6, 6.07) is 4.91. The number of hydrogen-bond acceptors (Lipinski definition) is 4. The van der Waals surface area contributed by atoms with E-state index in [4.69, 9.17) is 4.74 Å². The molecule has 1 aliphatic rings. The van der Waals surface area contributed by atoms with E-state index >= 15 is 0 Å². The topological polar surface area (TPSA) is 75.7 Å². The minimum Gasteiger partial charge on any atom is -0.373 e. The summed E-state index contributed by atoms with van der Waals surface area (Å²) in [7, 11) is -3.61. The molecule has 0 aliphatic carbocycles. The van der Waals surface area contributed by atoms with E-state index in [2.05, 4.69) is 5.32 Å². The van der Waals surface area contributed by atoms with Gasteiger partial charge >= 0.3 is 0 Å². The number of aryl methyl sites for hydroxylation is 1.